The first-order chi connectivity index (χ1) is 9.95. The molecule has 2 amide bonds. The van der Waals surface area contributed by atoms with E-state index in [1.54, 1.807) is 18.2 Å². The molecular formula is C15H16N2O4. The van der Waals surface area contributed by atoms with Crippen molar-refractivity contribution in [3.05, 3.63) is 42.0 Å². The minimum absolute atomic E-state index is 0.263. The van der Waals surface area contributed by atoms with E-state index in [0.29, 0.717) is 5.69 Å². The number of benzene rings is 1. The van der Waals surface area contributed by atoms with Gasteiger partial charge in [0.05, 0.1) is 5.92 Å². The van der Waals surface area contributed by atoms with Crippen molar-refractivity contribution in [2.24, 2.45) is 5.92 Å². The lowest BCUT2D eigenvalue weighted by Gasteiger charge is -2.12. The number of hydrogen-bond acceptors (Lipinski definition) is 3. The van der Waals surface area contributed by atoms with E-state index in [0.717, 1.165) is 5.56 Å². The Kier molecular flexibility index (Phi) is 4.37. The first-order valence-corrected chi connectivity index (χ1v) is 6.55. The molecule has 21 heavy (non-hydrogen) atoms. The molecule has 6 nitrogen and oxygen atoms in total. The van der Waals surface area contributed by atoms with Crippen LogP contribution in [-0.2, 0) is 14.4 Å². The molecule has 0 aliphatic heterocycles. The zero-order valence-electron chi connectivity index (χ0n) is 11.5. The second kappa shape index (κ2) is 6.21. The van der Waals surface area contributed by atoms with E-state index < -0.39 is 29.7 Å². The molecule has 1 aromatic carbocycles. The number of carbonyl (C=O) groups excluding carboxylic acids is 2. The average Bonchev–Trinajstić information content (AvgIpc) is 2.90. The SMILES string of the molecule is Cc1ccc(NC(=O)C(=O)NC2C=CC(C(=O)O)C2)cc1. The molecule has 2 atom stereocenters. The monoisotopic (exact) mass is 288 g/mol. The lowest BCUT2D eigenvalue weighted by Crippen LogP contribution is -2.40. The van der Waals surface area contributed by atoms with Crippen molar-refractivity contribution in [3.8, 4) is 0 Å². The van der Waals surface area contributed by atoms with Crippen LogP contribution in [0.2, 0.25) is 0 Å². The van der Waals surface area contributed by atoms with Gasteiger partial charge in [-0.05, 0) is 25.5 Å². The number of carboxylic acid groups (broad SMARTS) is 1. The fourth-order valence-electron chi connectivity index (χ4n) is 2.05. The van der Waals surface area contributed by atoms with Crippen LogP contribution in [0.4, 0.5) is 5.69 Å². The van der Waals surface area contributed by atoms with E-state index in [1.807, 2.05) is 19.1 Å². The summed E-state index contributed by atoms with van der Waals surface area (Å²) in [6.07, 6.45) is 3.37. The van der Waals surface area contributed by atoms with E-state index in [2.05, 4.69) is 10.6 Å². The number of anilines is 1. The summed E-state index contributed by atoms with van der Waals surface area (Å²) in [5.74, 6) is -3.11. The molecule has 1 aliphatic carbocycles. The van der Waals surface area contributed by atoms with Crippen molar-refractivity contribution < 1.29 is 19.5 Å². The van der Waals surface area contributed by atoms with E-state index in [1.165, 1.54) is 6.08 Å². The zero-order chi connectivity index (χ0) is 15.4. The Balaban J connectivity index is 1.86. The number of amides is 2. The lowest BCUT2D eigenvalue weighted by molar-refractivity contribution is -0.140. The smallest absolute Gasteiger partial charge is 0.313 e. The summed E-state index contributed by atoms with van der Waals surface area (Å²) in [4.78, 5) is 34.3. The van der Waals surface area contributed by atoms with Gasteiger partial charge in [-0.1, -0.05) is 29.8 Å². The molecule has 0 heterocycles. The molecule has 0 spiro atoms. The van der Waals surface area contributed by atoms with E-state index in [9.17, 15) is 14.4 Å². The van der Waals surface area contributed by atoms with Crippen LogP contribution in [0, 0.1) is 12.8 Å². The van der Waals surface area contributed by atoms with Gasteiger partial charge in [0.25, 0.3) is 0 Å². The summed E-state index contributed by atoms with van der Waals surface area (Å²) >= 11 is 0. The molecule has 1 aromatic rings. The molecule has 6 heteroatoms. The number of rotatable bonds is 3. The van der Waals surface area contributed by atoms with Gasteiger partial charge in [0.2, 0.25) is 0 Å². The van der Waals surface area contributed by atoms with Crippen LogP contribution in [0.25, 0.3) is 0 Å². The Morgan fingerprint density at radius 3 is 2.33 bits per heavy atom. The minimum Gasteiger partial charge on any atom is -0.481 e. The highest BCUT2D eigenvalue weighted by atomic mass is 16.4. The molecule has 3 N–H and O–H groups in total. The standard InChI is InChI=1S/C15H16N2O4/c1-9-2-5-11(6-3-9)16-13(18)14(19)17-12-7-4-10(8-12)15(20)21/h2-7,10,12H,8H2,1H3,(H,16,18)(H,17,19)(H,20,21). The predicted molar refractivity (Wildman–Crippen MR) is 76.6 cm³/mol. The lowest BCUT2D eigenvalue weighted by atomic mass is 10.1. The summed E-state index contributed by atoms with van der Waals surface area (Å²) < 4.78 is 0. The molecule has 2 unspecified atom stereocenters. The molecule has 0 aromatic heterocycles. The van der Waals surface area contributed by atoms with Crippen molar-refractivity contribution in [1.29, 1.82) is 0 Å². The van der Waals surface area contributed by atoms with Crippen LogP contribution < -0.4 is 10.6 Å². The van der Waals surface area contributed by atoms with Gasteiger partial charge in [0.1, 0.15) is 0 Å². The van der Waals surface area contributed by atoms with Gasteiger partial charge in [0.15, 0.2) is 0 Å². The molecule has 1 aliphatic rings. The predicted octanol–water partition coefficient (Wildman–Crippen LogP) is 1.08. The van der Waals surface area contributed by atoms with Crippen LogP contribution in [0.15, 0.2) is 36.4 Å². The normalized spacial score (nSPS) is 20.0. The van der Waals surface area contributed by atoms with Crippen LogP contribution in [0.3, 0.4) is 0 Å². The third-order valence-electron chi connectivity index (χ3n) is 3.23. The van der Waals surface area contributed by atoms with Crippen LogP contribution >= 0.6 is 0 Å². The van der Waals surface area contributed by atoms with Gasteiger partial charge < -0.3 is 15.7 Å². The zero-order valence-corrected chi connectivity index (χ0v) is 11.5. The summed E-state index contributed by atoms with van der Waals surface area (Å²) in [7, 11) is 0. The summed E-state index contributed by atoms with van der Waals surface area (Å²) in [5, 5.41) is 13.8. The first kappa shape index (κ1) is 14.8. The molecule has 110 valence electrons. The quantitative estimate of drug-likeness (QED) is 0.573. The van der Waals surface area contributed by atoms with Gasteiger partial charge in [-0.15, -0.1) is 0 Å². The second-order valence-corrected chi connectivity index (χ2v) is 4.97. The molecule has 0 saturated carbocycles. The van der Waals surface area contributed by atoms with Crippen molar-refractivity contribution in [2.75, 3.05) is 5.32 Å². The number of carboxylic acids is 1. The molecule has 0 fully saturated rings. The molecule has 2 rings (SSSR count). The van der Waals surface area contributed by atoms with Gasteiger partial charge in [-0.2, -0.15) is 0 Å². The molecule has 0 bridgehead atoms. The van der Waals surface area contributed by atoms with Crippen molar-refractivity contribution in [1.82, 2.24) is 5.32 Å². The molecule has 0 radical (unpaired) electrons. The van der Waals surface area contributed by atoms with Gasteiger partial charge in [-0.25, -0.2) is 0 Å². The van der Waals surface area contributed by atoms with Crippen molar-refractivity contribution >= 4 is 23.5 Å². The number of carbonyl (C=O) groups is 3. The number of nitrogens with one attached hydrogen (secondary N) is 2. The van der Waals surface area contributed by atoms with E-state index in [-0.39, 0.29) is 6.42 Å². The maximum Gasteiger partial charge on any atom is 0.313 e. The largest absolute Gasteiger partial charge is 0.481 e. The van der Waals surface area contributed by atoms with Gasteiger partial charge >= 0.3 is 17.8 Å². The van der Waals surface area contributed by atoms with E-state index >= 15 is 0 Å². The summed E-state index contributed by atoms with van der Waals surface area (Å²) in [5.41, 5.74) is 1.58. The maximum absolute atomic E-state index is 11.7. The van der Waals surface area contributed by atoms with Crippen LogP contribution in [0.5, 0.6) is 0 Å². The Bertz CT molecular complexity index is 592. The van der Waals surface area contributed by atoms with Crippen molar-refractivity contribution in [2.45, 2.75) is 19.4 Å². The average molecular weight is 288 g/mol. The maximum atomic E-state index is 11.7. The summed E-state index contributed by atoms with van der Waals surface area (Å²) in [6.45, 7) is 1.92. The minimum atomic E-state index is -0.938. The van der Waals surface area contributed by atoms with Gasteiger partial charge in [-0.3, -0.25) is 14.4 Å². The highest BCUT2D eigenvalue weighted by molar-refractivity contribution is 6.39. The summed E-state index contributed by atoms with van der Waals surface area (Å²) in [6, 6.07) is 6.63. The number of hydrogen-bond donors (Lipinski definition) is 3. The Hall–Kier alpha value is -2.63. The first-order valence-electron chi connectivity index (χ1n) is 6.55. The van der Waals surface area contributed by atoms with Crippen molar-refractivity contribution in [3.63, 3.8) is 0 Å². The van der Waals surface area contributed by atoms with Crippen LogP contribution in [-0.4, -0.2) is 28.9 Å². The Morgan fingerprint density at radius 1 is 1.10 bits per heavy atom. The topological polar surface area (TPSA) is 95.5 Å². The van der Waals surface area contributed by atoms with Gasteiger partial charge in [0, 0.05) is 11.7 Å². The third-order valence-corrected chi connectivity index (χ3v) is 3.23. The van der Waals surface area contributed by atoms with Crippen LogP contribution in [0.1, 0.15) is 12.0 Å². The Labute approximate surface area is 121 Å². The third kappa shape index (κ3) is 3.92. The Morgan fingerprint density at radius 2 is 1.76 bits per heavy atom. The molecular weight excluding hydrogens is 272 g/mol. The second-order valence-electron chi connectivity index (χ2n) is 4.97. The highest BCUT2D eigenvalue weighted by Crippen LogP contribution is 2.17. The fraction of sp³-hybridized carbons (Fsp3) is 0.267. The number of aryl methyl sites for hydroxylation is 1. The highest BCUT2D eigenvalue weighted by Gasteiger charge is 2.27. The van der Waals surface area contributed by atoms with E-state index in [4.69, 9.17) is 5.11 Å². The fourth-order valence-corrected chi connectivity index (χ4v) is 2.05. The molecule has 0 saturated heterocycles. The number of aliphatic carboxylic acids is 1.